The van der Waals surface area contributed by atoms with Gasteiger partial charge in [0, 0.05) is 29.7 Å². The second-order valence-electron chi connectivity index (χ2n) is 5.50. The van der Waals surface area contributed by atoms with Crippen LogP contribution >= 0.6 is 15.9 Å². The maximum Gasteiger partial charge on any atom is 0.123 e. The van der Waals surface area contributed by atoms with Gasteiger partial charge in [0.1, 0.15) is 5.75 Å². The number of aliphatic hydroxyl groups excluding tert-OH is 1. The van der Waals surface area contributed by atoms with Crippen molar-refractivity contribution in [3.8, 4) is 5.75 Å². The number of ether oxygens (including phenoxy) is 1. The van der Waals surface area contributed by atoms with Gasteiger partial charge in [0.15, 0.2) is 0 Å². The van der Waals surface area contributed by atoms with Gasteiger partial charge in [-0.25, -0.2) is 0 Å². The fraction of sp³-hybridized carbons (Fsp3) is 0.600. The van der Waals surface area contributed by atoms with E-state index in [0.29, 0.717) is 25.4 Å². The molecule has 0 aliphatic heterocycles. The molecule has 1 aromatic carbocycles. The van der Waals surface area contributed by atoms with Gasteiger partial charge in [-0.2, -0.15) is 0 Å². The molecular formula is C15H22BrNO3. The molecule has 0 aromatic heterocycles. The Hall–Kier alpha value is -0.620. The normalized spacial score (nSPS) is 16.4. The summed E-state index contributed by atoms with van der Waals surface area (Å²) >= 11 is 3.41. The minimum Gasteiger partial charge on any atom is -0.507 e. The Labute approximate surface area is 128 Å². The summed E-state index contributed by atoms with van der Waals surface area (Å²) in [5.74, 6) is 1.02. The Morgan fingerprint density at radius 1 is 1.45 bits per heavy atom. The monoisotopic (exact) mass is 343 g/mol. The van der Waals surface area contributed by atoms with E-state index >= 15 is 0 Å². The number of phenolic OH excluding ortho intramolecular Hbond substituents is 1. The second-order valence-corrected chi connectivity index (χ2v) is 6.41. The quantitative estimate of drug-likeness (QED) is 0.678. The van der Waals surface area contributed by atoms with E-state index in [1.54, 1.807) is 0 Å². The third-order valence-corrected chi connectivity index (χ3v) is 3.86. The van der Waals surface area contributed by atoms with Crippen molar-refractivity contribution in [2.24, 2.45) is 5.92 Å². The Bertz CT molecular complexity index is 449. The summed E-state index contributed by atoms with van der Waals surface area (Å²) in [6, 6.07) is 3.75. The average Bonchev–Trinajstić information content (AvgIpc) is 3.19. The molecule has 2 rings (SSSR count). The van der Waals surface area contributed by atoms with Crippen molar-refractivity contribution >= 4 is 15.9 Å². The molecule has 1 saturated carbocycles. The zero-order chi connectivity index (χ0) is 14.5. The summed E-state index contributed by atoms with van der Waals surface area (Å²) in [6.07, 6.45) is 2.01. The SMILES string of the molecule is Cc1cc(Br)cc(CNCC(O)COCC2CC2)c1O. The number of hydrogen-bond acceptors (Lipinski definition) is 4. The summed E-state index contributed by atoms with van der Waals surface area (Å²) in [5.41, 5.74) is 1.66. The van der Waals surface area contributed by atoms with Gasteiger partial charge in [0.05, 0.1) is 12.7 Å². The largest absolute Gasteiger partial charge is 0.507 e. The van der Waals surface area contributed by atoms with E-state index in [0.717, 1.165) is 28.1 Å². The topological polar surface area (TPSA) is 61.7 Å². The molecule has 0 bridgehead atoms. The van der Waals surface area contributed by atoms with E-state index in [-0.39, 0.29) is 0 Å². The van der Waals surface area contributed by atoms with Crippen LogP contribution in [0.5, 0.6) is 5.75 Å². The predicted octanol–water partition coefficient (Wildman–Crippen LogP) is 2.34. The highest BCUT2D eigenvalue weighted by molar-refractivity contribution is 9.10. The number of nitrogens with one attached hydrogen (secondary N) is 1. The van der Waals surface area contributed by atoms with Crippen LogP contribution in [0.4, 0.5) is 0 Å². The molecule has 3 N–H and O–H groups in total. The van der Waals surface area contributed by atoms with Crippen molar-refractivity contribution in [2.45, 2.75) is 32.4 Å². The van der Waals surface area contributed by atoms with Crippen LogP contribution < -0.4 is 5.32 Å². The van der Waals surface area contributed by atoms with Crippen LogP contribution in [0, 0.1) is 12.8 Å². The van der Waals surface area contributed by atoms with E-state index in [1.807, 2.05) is 19.1 Å². The van der Waals surface area contributed by atoms with E-state index in [2.05, 4.69) is 21.2 Å². The zero-order valence-corrected chi connectivity index (χ0v) is 13.3. The number of halogens is 1. The number of hydrogen-bond donors (Lipinski definition) is 3. The molecule has 4 nitrogen and oxygen atoms in total. The highest BCUT2D eigenvalue weighted by atomic mass is 79.9. The number of benzene rings is 1. The van der Waals surface area contributed by atoms with Gasteiger partial charge in [0.2, 0.25) is 0 Å². The third kappa shape index (κ3) is 5.05. The molecule has 1 aliphatic carbocycles. The summed E-state index contributed by atoms with van der Waals surface area (Å²) in [4.78, 5) is 0. The van der Waals surface area contributed by atoms with E-state index in [9.17, 15) is 10.2 Å². The van der Waals surface area contributed by atoms with E-state index in [1.165, 1.54) is 12.8 Å². The summed E-state index contributed by atoms with van der Waals surface area (Å²) < 4.78 is 6.38. The Morgan fingerprint density at radius 3 is 2.90 bits per heavy atom. The second kappa shape index (κ2) is 7.41. The lowest BCUT2D eigenvalue weighted by atomic mass is 10.1. The predicted molar refractivity (Wildman–Crippen MR) is 81.8 cm³/mol. The molecule has 1 unspecified atom stereocenters. The van der Waals surface area contributed by atoms with Crippen molar-refractivity contribution in [3.05, 3.63) is 27.7 Å². The van der Waals surface area contributed by atoms with E-state index in [4.69, 9.17) is 4.74 Å². The molecule has 20 heavy (non-hydrogen) atoms. The first-order valence-electron chi connectivity index (χ1n) is 7.00. The van der Waals surface area contributed by atoms with Crippen LogP contribution in [-0.4, -0.2) is 36.1 Å². The fourth-order valence-electron chi connectivity index (χ4n) is 2.03. The first kappa shape index (κ1) is 15.8. The lowest BCUT2D eigenvalue weighted by Crippen LogP contribution is -2.30. The molecule has 0 heterocycles. The molecule has 0 amide bonds. The number of aromatic hydroxyl groups is 1. The van der Waals surface area contributed by atoms with Gasteiger partial charge < -0.3 is 20.3 Å². The standard InChI is InChI=1S/C15H22BrNO3/c1-10-4-13(16)5-12(15(10)19)6-17-7-14(18)9-20-8-11-2-3-11/h4-5,11,14,17-19H,2-3,6-9H2,1H3. The van der Waals surface area contributed by atoms with Gasteiger partial charge >= 0.3 is 0 Å². The van der Waals surface area contributed by atoms with Crippen molar-refractivity contribution in [3.63, 3.8) is 0 Å². The van der Waals surface area contributed by atoms with Gasteiger partial charge in [0.25, 0.3) is 0 Å². The smallest absolute Gasteiger partial charge is 0.123 e. The maximum absolute atomic E-state index is 9.95. The highest BCUT2D eigenvalue weighted by Crippen LogP contribution is 2.28. The maximum atomic E-state index is 9.95. The van der Waals surface area contributed by atoms with Crippen LogP contribution in [0.3, 0.4) is 0 Å². The van der Waals surface area contributed by atoms with Gasteiger partial charge in [-0.1, -0.05) is 15.9 Å². The molecule has 0 saturated heterocycles. The summed E-state index contributed by atoms with van der Waals surface area (Å²) in [6.45, 7) is 3.97. The molecule has 1 atom stereocenters. The van der Waals surface area contributed by atoms with Crippen LogP contribution in [-0.2, 0) is 11.3 Å². The lowest BCUT2D eigenvalue weighted by Gasteiger charge is -2.13. The van der Waals surface area contributed by atoms with Crippen LogP contribution in [0.15, 0.2) is 16.6 Å². The Kier molecular flexibility index (Phi) is 5.84. The van der Waals surface area contributed by atoms with Gasteiger partial charge in [-0.05, 0) is 43.4 Å². The first-order chi connectivity index (χ1) is 9.56. The first-order valence-corrected chi connectivity index (χ1v) is 7.80. The van der Waals surface area contributed by atoms with Crippen molar-refractivity contribution < 1.29 is 14.9 Å². The van der Waals surface area contributed by atoms with Crippen LogP contribution in [0.2, 0.25) is 0 Å². The van der Waals surface area contributed by atoms with Crippen molar-refractivity contribution in [1.29, 1.82) is 0 Å². The third-order valence-electron chi connectivity index (χ3n) is 3.40. The minimum absolute atomic E-state index is 0.306. The molecule has 1 aromatic rings. The molecule has 0 radical (unpaired) electrons. The highest BCUT2D eigenvalue weighted by Gasteiger charge is 2.21. The molecule has 0 spiro atoms. The van der Waals surface area contributed by atoms with Gasteiger partial charge in [-0.15, -0.1) is 0 Å². The molecule has 1 aliphatic rings. The van der Waals surface area contributed by atoms with Crippen molar-refractivity contribution in [2.75, 3.05) is 19.8 Å². The summed E-state index contributed by atoms with van der Waals surface area (Å²) in [5, 5.41) is 22.9. The molecule has 5 heteroatoms. The van der Waals surface area contributed by atoms with Gasteiger partial charge in [-0.3, -0.25) is 0 Å². The molecule has 112 valence electrons. The number of rotatable bonds is 8. The van der Waals surface area contributed by atoms with Crippen molar-refractivity contribution in [1.82, 2.24) is 5.32 Å². The number of phenols is 1. The number of aryl methyl sites for hydroxylation is 1. The Balaban J connectivity index is 1.69. The zero-order valence-electron chi connectivity index (χ0n) is 11.7. The van der Waals surface area contributed by atoms with E-state index < -0.39 is 6.10 Å². The fourth-order valence-corrected chi connectivity index (χ4v) is 2.65. The summed E-state index contributed by atoms with van der Waals surface area (Å²) in [7, 11) is 0. The molecular weight excluding hydrogens is 322 g/mol. The Morgan fingerprint density at radius 2 is 2.20 bits per heavy atom. The average molecular weight is 344 g/mol. The number of aliphatic hydroxyl groups is 1. The van der Waals surface area contributed by atoms with Crippen LogP contribution in [0.1, 0.15) is 24.0 Å². The lowest BCUT2D eigenvalue weighted by molar-refractivity contribution is 0.0324. The van der Waals surface area contributed by atoms with Crippen LogP contribution in [0.25, 0.3) is 0 Å². The molecule has 1 fully saturated rings. The minimum atomic E-state index is -0.510.